The van der Waals surface area contributed by atoms with Crippen molar-refractivity contribution >= 4 is 34.9 Å². The Balaban J connectivity index is 2.07. The number of hydrogen-bond acceptors (Lipinski definition) is 2. The average Bonchev–Trinajstić information content (AvgIpc) is 2.51. The summed E-state index contributed by atoms with van der Waals surface area (Å²) in [4.78, 5) is 13.9. The molecule has 0 fully saturated rings. The van der Waals surface area contributed by atoms with E-state index in [0.29, 0.717) is 22.3 Å². The van der Waals surface area contributed by atoms with Gasteiger partial charge in [0.2, 0.25) is 0 Å². The van der Waals surface area contributed by atoms with Crippen molar-refractivity contribution in [3.8, 4) is 0 Å². The quantitative estimate of drug-likeness (QED) is 0.864. The van der Waals surface area contributed by atoms with Gasteiger partial charge in [-0.05, 0) is 23.8 Å². The lowest BCUT2D eigenvalue weighted by Crippen LogP contribution is -2.36. The fraction of sp³-hybridized carbons (Fsp3) is 0.188. The van der Waals surface area contributed by atoms with E-state index in [1.165, 1.54) is 4.90 Å². The molecule has 0 aliphatic rings. The number of benzene rings is 2. The van der Waals surface area contributed by atoms with Crippen molar-refractivity contribution in [2.75, 3.05) is 18.5 Å². The number of nitrogens with one attached hydrogen (secondary N) is 1. The summed E-state index contributed by atoms with van der Waals surface area (Å²) in [5.74, 6) is 0. The van der Waals surface area contributed by atoms with Crippen LogP contribution in [0.2, 0.25) is 10.0 Å². The van der Waals surface area contributed by atoms with Crippen LogP contribution in [-0.4, -0.2) is 29.2 Å². The van der Waals surface area contributed by atoms with Gasteiger partial charge in [-0.2, -0.15) is 0 Å². The molecule has 0 atom stereocenters. The first kappa shape index (κ1) is 16.6. The number of anilines is 1. The summed E-state index contributed by atoms with van der Waals surface area (Å²) in [6.07, 6.45) is 0. The average molecular weight is 339 g/mol. The van der Waals surface area contributed by atoms with Gasteiger partial charge in [-0.1, -0.05) is 53.5 Å². The zero-order valence-corrected chi connectivity index (χ0v) is 13.3. The maximum absolute atomic E-state index is 12.3. The van der Waals surface area contributed by atoms with Crippen LogP contribution in [0.5, 0.6) is 0 Å². The highest BCUT2D eigenvalue weighted by atomic mass is 35.5. The molecule has 2 N–H and O–H groups in total. The first-order chi connectivity index (χ1) is 10.6. The molecule has 2 aromatic rings. The third kappa shape index (κ3) is 4.63. The SMILES string of the molecule is O=C(Nc1ccc(Cl)c(Cl)c1)N(CCO)Cc1ccccc1. The molecule has 0 bridgehead atoms. The van der Waals surface area contributed by atoms with Crippen LogP contribution in [0.25, 0.3) is 0 Å². The third-order valence-corrected chi connectivity index (χ3v) is 3.78. The van der Waals surface area contributed by atoms with Gasteiger partial charge in [-0.3, -0.25) is 0 Å². The fourth-order valence-electron chi connectivity index (χ4n) is 1.95. The van der Waals surface area contributed by atoms with Crippen LogP contribution in [0.3, 0.4) is 0 Å². The largest absolute Gasteiger partial charge is 0.395 e. The van der Waals surface area contributed by atoms with Gasteiger partial charge >= 0.3 is 6.03 Å². The monoisotopic (exact) mass is 338 g/mol. The topological polar surface area (TPSA) is 52.6 Å². The van der Waals surface area contributed by atoms with E-state index >= 15 is 0 Å². The molecule has 0 spiro atoms. The van der Waals surface area contributed by atoms with Crippen molar-refractivity contribution in [3.63, 3.8) is 0 Å². The number of amides is 2. The lowest BCUT2D eigenvalue weighted by atomic mass is 10.2. The molecular weight excluding hydrogens is 323 g/mol. The van der Waals surface area contributed by atoms with Crippen molar-refractivity contribution in [3.05, 3.63) is 64.1 Å². The summed E-state index contributed by atoms with van der Waals surface area (Å²) in [6, 6.07) is 14.1. The second kappa shape index (κ2) is 8.03. The van der Waals surface area contributed by atoms with Crippen molar-refractivity contribution in [2.24, 2.45) is 0 Å². The van der Waals surface area contributed by atoms with Gasteiger partial charge in [0.25, 0.3) is 0 Å². The van der Waals surface area contributed by atoms with Gasteiger partial charge in [-0.25, -0.2) is 4.79 Å². The molecule has 0 aromatic heterocycles. The number of hydrogen-bond donors (Lipinski definition) is 2. The molecule has 2 amide bonds. The van der Waals surface area contributed by atoms with E-state index in [0.717, 1.165) is 5.56 Å². The Labute approximate surface area is 139 Å². The van der Waals surface area contributed by atoms with Crippen LogP contribution in [0.1, 0.15) is 5.56 Å². The van der Waals surface area contributed by atoms with Crippen molar-refractivity contribution in [1.29, 1.82) is 0 Å². The number of urea groups is 1. The molecule has 22 heavy (non-hydrogen) atoms. The third-order valence-electron chi connectivity index (χ3n) is 3.04. The fourth-order valence-corrected chi connectivity index (χ4v) is 2.25. The Morgan fingerprint density at radius 1 is 1.09 bits per heavy atom. The minimum atomic E-state index is -0.309. The van der Waals surface area contributed by atoms with Gasteiger partial charge in [0, 0.05) is 18.8 Å². The lowest BCUT2D eigenvalue weighted by Gasteiger charge is -2.22. The second-order valence-corrected chi connectivity index (χ2v) is 5.50. The summed E-state index contributed by atoms with van der Waals surface area (Å²) in [5.41, 5.74) is 1.54. The number of carbonyl (C=O) groups is 1. The summed E-state index contributed by atoms with van der Waals surface area (Å²) in [7, 11) is 0. The van der Waals surface area contributed by atoms with Gasteiger partial charge in [0.1, 0.15) is 0 Å². The molecule has 6 heteroatoms. The predicted octanol–water partition coefficient (Wildman–Crippen LogP) is 4.02. The first-order valence-corrected chi connectivity index (χ1v) is 7.51. The standard InChI is InChI=1S/C16H16Cl2N2O2/c17-14-7-6-13(10-15(14)18)19-16(22)20(8-9-21)11-12-4-2-1-3-5-12/h1-7,10,21H,8-9,11H2,(H,19,22). The molecule has 0 saturated carbocycles. The van der Waals surface area contributed by atoms with Crippen LogP contribution in [0.15, 0.2) is 48.5 Å². The number of halogens is 2. The normalized spacial score (nSPS) is 10.3. The number of rotatable bonds is 5. The van der Waals surface area contributed by atoms with Crippen LogP contribution in [0, 0.1) is 0 Å². The van der Waals surface area contributed by atoms with E-state index in [2.05, 4.69) is 5.32 Å². The molecule has 0 aliphatic carbocycles. The second-order valence-electron chi connectivity index (χ2n) is 4.69. The molecule has 0 aliphatic heterocycles. The van der Waals surface area contributed by atoms with Crippen LogP contribution in [0.4, 0.5) is 10.5 Å². The summed E-state index contributed by atoms with van der Waals surface area (Å²) in [5, 5.41) is 12.7. The number of aliphatic hydroxyl groups excluding tert-OH is 1. The zero-order valence-electron chi connectivity index (χ0n) is 11.8. The number of aliphatic hydroxyl groups is 1. The maximum atomic E-state index is 12.3. The van der Waals surface area contributed by atoms with Crippen LogP contribution >= 0.6 is 23.2 Å². The highest BCUT2D eigenvalue weighted by Gasteiger charge is 2.14. The molecule has 0 heterocycles. The molecule has 2 aromatic carbocycles. The smallest absolute Gasteiger partial charge is 0.322 e. The van der Waals surface area contributed by atoms with E-state index < -0.39 is 0 Å². The molecule has 2 rings (SSSR count). The van der Waals surface area contributed by atoms with Gasteiger partial charge in [0.15, 0.2) is 0 Å². The molecular formula is C16H16Cl2N2O2. The van der Waals surface area contributed by atoms with Gasteiger partial charge in [0.05, 0.1) is 16.7 Å². The Morgan fingerprint density at radius 3 is 2.45 bits per heavy atom. The molecule has 4 nitrogen and oxygen atoms in total. The van der Waals surface area contributed by atoms with Gasteiger partial charge < -0.3 is 15.3 Å². The van der Waals surface area contributed by atoms with Crippen molar-refractivity contribution in [2.45, 2.75) is 6.54 Å². The van der Waals surface area contributed by atoms with Crippen LogP contribution < -0.4 is 5.32 Å². The summed E-state index contributed by atoms with van der Waals surface area (Å²) >= 11 is 11.8. The van der Waals surface area contributed by atoms with Crippen molar-refractivity contribution in [1.82, 2.24) is 4.90 Å². The first-order valence-electron chi connectivity index (χ1n) is 6.76. The predicted molar refractivity (Wildman–Crippen MR) is 89.4 cm³/mol. The molecule has 0 unspecified atom stereocenters. The molecule has 116 valence electrons. The maximum Gasteiger partial charge on any atom is 0.322 e. The zero-order chi connectivity index (χ0) is 15.9. The highest BCUT2D eigenvalue weighted by Crippen LogP contribution is 2.25. The van der Waals surface area contributed by atoms with E-state index in [1.54, 1.807) is 18.2 Å². The molecule has 0 saturated heterocycles. The van der Waals surface area contributed by atoms with E-state index in [9.17, 15) is 4.79 Å². The minimum Gasteiger partial charge on any atom is -0.395 e. The molecule has 0 radical (unpaired) electrons. The van der Waals surface area contributed by atoms with E-state index in [-0.39, 0.29) is 19.2 Å². The Hall–Kier alpha value is -1.75. The van der Waals surface area contributed by atoms with E-state index in [1.807, 2.05) is 30.3 Å². The Kier molecular flexibility index (Phi) is 6.07. The lowest BCUT2D eigenvalue weighted by molar-refractivity contribution is 0.185. The summed E-state index contributed by atoms with van der Waals surface area (Å²) in [6.45, 7) is 0.540. The number of carbonyl (C=O) groups excluding carboxylic acids is 1. The van der Waals surface area contributed by atoms with Crippen molar-refractivity contribution < 1.29 is 9.90 Å². The Morgan fingerprint density at radius 2 is 1.82 bits per heavy atom. The number of nitrogens with zero attached hydrogens (tertiary/aromatic N) is 1. The Bertz CT molecular complexity index is 635. The highest BCUT2D eigenvalue weighted by molar-refractivity contribution is 6.42. The van der Waals surface area contributed by atoms with Gasteiger partial charge in [-0.15, -0.1) is 0 Å². The summed E-state index contributed by atoms with van der Waals surface area (Å²) < 4.78 is 0. The minimum absolute atomic E-state index is 0.109. The van der Waals surface area contributed by atoms with Crippen LogP contribution in [-0.2, 0) is 6.54 Å². The van der Waals surface area contributed by atoms with E-state index in [4.69, 9.17) is 28.3 Å².